The largest absolute Gasteiger partial charge is 0.344 e. The molecule has 1 amide bonds. The maximum Gasteiger partial charge on any atom is 0.278 e. The number of aromatic nitrogens is 3. The fraction of sp³-hybridized carbons (Fsp3) is 0.208. The van der Waals surface area contributed by atoms with E-state index in [0.29, 0.717) is 33.4 Å². The lowest BCUT2D eigenvalue weighted by atomic mass is 10.1. The van der Waals surface area contributed by atoms with Gasteiger partial charge in [-0.05, 0) is 24.1 Å². The molecule has 2 aromatic heterocycles. The predicted octanol–water partition coefficient (Wildman–Crippen LogP) is 5.20. The Labute approximate surface area is 195 Å². The summed E-state index contributed by atoms with van der Waals surface area (Å²) in [6, 6.07) is 17.0. The van der Waals surface area contributed by atoms with Crippen molar-refractivity contribution in [3.05, 3.63) is 76.2 Å². The first-order valence-corrected chi connectivity index (χ1v) is 11.7. The van der Waals surface area contributed by atoms with Gasteiger partial charge in [0, 0.05) is 25.4 Å². The maximum absolute atomic E-state index is 13.4. The van der Waals surface area contributed by atoms with E-state index in [1.165, 1.54) is 11.8 Å². The van der Waals surface area contributed by atoms with Crippen molar-refractivity contribution < 1.29 is 4.79 Å². The summed E-state index contributed by atoms with van der Waals surface area (Å²) >= 11 is 7.38. The van der Waals surface area contributed by atoms with Crippen LogP contribution in [0.5, 0.6) is 0 Å². The lowest BCUT2D eigenvalue weighted by Gasteiger charge is -2.12. The molecule has 0 radical (unpaired) electrons. The molecule has 32 heavy (non-hydrogen) atoms. The monoisotopic (exact) mass is 466 g/mol. The SMILES string of the molecule is CCCn1c(SCC(=O)Nc2ccccc2Cl)nc2c(-c3ccccc3)cn(C)c2c1=O. The molecule has 8 heteroatoms. The van der Waals surface area contributed by atoms with Crippen molar-refractivity contribution in [1.29, 1.82) is 0 Å². The third kappa shape index (κ3) is 4.45. The van der Waals surface area contributed by atoms with Crippen LogP contribution in [0.2, 0.25) is 5.02 Å². The number of amides is 1. The molecule has 1 N–H and O–H groups in total. The molecule has 0 aliphatic rings. The smallest absolute Gasteiger partial charge is 0.278 e. The third-order valence-electron chi connectivity index (χ3n) is 5.05. The van der Waals surface area contributed by atoms with Crippen LogP contribution in [-0.4, -0.2) is 25.8 Å². The summed E-state index contributed by atoms with van der Waals surface area (Å²) in [5.41, 5.74) is 3.54. The maximum atomic E-state index is 13.4. The van der Waals surface area contributed by atoms with Gasteiger partial charge in [-0.1, -0.05) is 72.8 Å². The van der Waals surface area contributed by atoms with Crippen molar-refractivity contribution in [3.8, 4) is 11.1 Å². The summed E-state index contributed by atoms with van der Waals surface area (Å²) in [4.78, 5) is 30.7. The molecule has 0 saturated carbocycles. The number of hydrogen-bond acceptors (Lipinski definition) is 4. The van der Waals surface area contributed by atoms with Crippen LogP contribution in [-0.2, 0) is 18.4 Å². The zero-order chi connectivity index (χ0) is 22.7. The van der Waals surface area contributed by atoms with Crippen LogP contribution in [0, 0.1) is 0 Å². The van der Waals surface area contributed by atoms with Crippen molar-refractivity contribution in [1.82, 2.24) is 14.1 Å². The van der Waals surface area contributed by atoms with Crippen LogP contribution in [0.3, 0.4) is 0 Å². The van der Waals surface area contributed by atoms with E-state index in [1.54, 1.807) is 22.8 Å². The molecule has 164 valence electrons. The van der Waals surface area contributed by atoms with Crippen LogP contribution in [0.15, 0.2) is 70.7 Å². The van der Waals surface area contributed by atoms with E-state index in [2.05, 4.69) is 5.32 Å². The number of thioether (sulfide) groups is 1. The summed E-state index contributed by atoms with van der Waals surface area (Å²) in [7, 11) is 1.86. The Morgan fingerprint density at radius 2 is 1.84 bits per heavy atom. The zero-order valence-electron chi connectivity index (χ0n) is 17.8. The molecule has 0 aliphatic heterocycles. The highest BCUT2D eigenvalue weighted by Gasteiger charge is 2.19. The first kappa shape index (κ1) is 22.2. The molecule has 0 spiro atoms. The van der Waals surface area contributed by atoms with E-state index in [1.807, 2.05) is 61.1 Å². The van der Waals surface area contributed by atoms with Gasteiger partial charge in [-0.15, -0.1) is 0 Å². The highest BCUT2D eigenvalue weighted by Crippen LogP contribution is 2.29. The summed E-state index contributed by atoms with van der Waals surface area (Å²) in [6.07, 6.45) is 2.71. The molecule has 2 heterocycles. The topological polar surface area (TPSA) is 68.9 Å². The summed E-state index contributed by atoms with van der Waals surface area (Å²) in [5.74, 6) is -0.0998. The van der Waals surface area contributed by atoms with E-state index in [9.17, 15) is 9.59 Å². The van der Waals surface area contributed by atoms with Crippen molar-refractivity contribution in [3.63, 3.8) is 0 Å². The van der Waals surface area contributed by atoms with Gasteiger partial charge in [-0.2, -0.15) is 0 Å². The summed E-state index contributed by atoms with van der Waals surface area (Å²) < 4.78 is 3.49. The molecular weight excluding hydrogens is 444 g/mol. The average molecular weight is 467 g/mol. The number of hydrogen-bond donors (Lipinski definition) is 1. The molecule has 0 bridgehead atoms. The van der Waals surface area contributed by atoms with E-state index in [4.69, 9.17) is 16.6 Å². The van der Waals surface area contributed by atoms with Gasteiger partial charge in [-0.25, -0.2) is 4.98 Å². The molecule has 2 aromatic carbocycles. The Morgan fingerprint density at radius 1 is 1.12 bits per heavy atom. The highest BCUT2D eigenvalue weighted by atomic mass is 35.5. The van der Waals surface area contributed by atoms with Crippen LogP contribution in [0.1, 0.15) is 13.3 Å². The lowest BCUT2D eigenvalue weighted by Crippen LogP contribution is -2.25. The van der Waals surface area contributed by atoms with Crippen LogP contribution < -0.4 is 10.9 Å². The Kier molecular flexibility index (Phi) is 6.67. The lowest BCUT2D eigenvalue weighted by molar-refractivity contribution is -0.113. The number of carbonyl (C=O) groups excluding carboxylic acids is 1. The Balaban J connectivity index is 1.70. The Hall–Kier alpha value is -3.03. The molecular formula is C24H23ClN4O2S. The fourth-order valence-electron chi connectivity index (χ4n) is 3.59. The average Bonchev–Trinajstić information content (AvgIpc) is 3.13. The van der Waals surface area contributed by atoms with Gasteiger partial charge in [0.1, 0.15) is 11.0 Å². The van der Waals surface area contributed by atoms with Gasteiger partial charge in [0.15, 0.2) is 5.16 Å². The number of aryl methyl sites for hydroxylation is 1. The first-order chi connectivity index (χ1) is 15.5. The standard InChI is InChI=1S/C24H23ClN4O2S/c1-3-13-29-23(31)22-21(17(14-28(22)2)16-9-5-4-6-10-16)27-24(29)32-15-20(30)26-19-12-8-7-11-18(19)25/h4-12,14H,3,13,15H2,1-2H3,(H,26,30). The van der Waals surface area contributed by atoms with Gasteiger partial charge >= 0.3 is 0 Å². The van der Waals surface area contributed by atoms with Gasteiger partial charge < -0.3 is 9.88 Å². The van der Waals surface area contributed by atoms with Gasteiger partial charge in [-0.3, -0.25) is 14.2 Å². The van der Waals surface area contributed by atoms with Gasteiger partial charge in [0.25, 0.3) is 5.56 Å². The number of halogens is 1. The van der Waals surface area contributed by atoms with E-state index >= 15 is 0 Å². The number of rotatable bonds is 7. The van der Waals surface area contributed by atoms with Crippen molar-refractivity contribution in [2.75, 3.05) is 11.1 Å². The van der Waals surface area contributed by atoms with Crippen LogP contribution in [0.4, 0.5) is 5.69 Å². The number of nitrogens with zero attached hydrogens (tertiary/aromatic N) is 3. The highest BCUT2D eigenvalue weighted by molar-refractivity contribution is 7.99. The second-order valence-electron chi connectivity index (χ2n) is 7.38. The van der Waals surface area contributed by atoms with E-state index in [0.717, 1.165) is 17.5 Å². The molecule has 4 rings (SSSR count). The summed E-state index contributed by atoms with van der Waals surface area (Å²) in [6.45, 7) is 2.54. The molecule has 0 aliphatic carbocycles. The number of benzene rings is 2. The third-order valence-corrected chi connectivity index (χ3v) is 6.36. The molecule has 0 saturated heterocycles. The molecule has 0 unspecified atom stereocenters. The van der Waals surface area contributed by atoms with Crippen molar-refractivity contribution in [2.24, 2.45) is 7.05 Å². The van der Waals surface area contributed by atoms with Gasteiger partial charge in [0.2, 0.25) is 5.91 Å². The predicted molar refractivity (Wildman–Crippen MR) is 132 cm³/mol. The van der Waals surface area contributed by atoms with Crippen molar-refractivity contribution >= 4 is 46.0 Å². The minimum Gasteiger partial charge on any atom is -0.344 e. The quantitative estimate of drug-likeness (QED) is 0.300. The number of nitrogens with one attached hydrogen (secondary N) is 1. The van der Waals surface area contributed by atoms with E-state index < -0.39 is 0 Å². The Morgan fingerprint density at radius 3 is 2.56 bits per heavy atom. The van der Waals surface area contributed by atoms with Crippen molar-refractivity contribution in [2.45, 2.75) is 25.0 Å². The number of carbonyl (C=O) groups is 1. The van der Waals surface area contributed by atoms with Crippen LogP contribution >= 0.6 is 23.4 Å². The zero-order valence-corrected chi connectivity index (χ0v) is 19.4. The molecule has 6 nitrogen and oxygen atoms in total. The Bertz CT molecular complexity index is 1330. The second-order valence-corrected chi connectivity index (χ2v) is 8.73. The second kappa shape index (κ2) is 9.63. The number of anilines is 1. The summed E-state index contributed by atoms with van der Waals surface area (Å²) in [5, 5.41) is 3.82. The number of fused-ring (bicyclic) bond motifs is 1. The first-order valence-electron chi connectivity index (χ1n) is 10.3. The number of para-hydroxylation sites is 1. The van der Waals surface area contributed by atoms with E-state index in [-0.39, 0.29) is 17.2 Å². The minimum absolute atomic E-state index is 0.101. The molecule has 0 fully saturated rings. The fourth-order valence-corrected chi connectivity index (χ4v) is 4.59. The molecule has 4 aromatic rings. The van der Waals surface area contributed by atoms with Gasteiger partial charge in [0.05, 0.1) is 16.5 Å². The molecule has 0 atom stereocenters. The van der Waals surface area contributed by atoms with Crippen LogP contribution in [0.25, 0.3) is 22.2 Å². The normalized spacial score (nSPS) is 11.1. The minimum atomic E-state index is -0.211.